The molecule has 3 heterocycles. The second-order valence-electron chi connectivity index (χ2n) is 6.70. The van der Waals surface area contributed by atoms with Crippen LogP contribution in [0.25, 0.3) is 11.3 Å². The van der Waals surface area contributed by atoms with Crippen molar-refractivity contribution in [1.82, 2.24) is 19.9 Å². The molecule has 1 aromatic carbocycles. The highest BCUT2D eigenvalue weighted by molar-refractivity contribution is 6.30. The number of rotatable bonds is 4. The molecule has 0 radical (unpaired) electrons. The highest BCUT2D eigenvalue weighted by Gasteiger charge is 2.25. The van der Waals surface area contributed by atoms with Gasteiger partial charge in [-0.25, -0.2) is 0 Å². The number of halogens is 1. The molecule has 0 amide bonds. The zero-order valence-electron chi connectivity index (χ0n) is 14.6. The van der Waals surface area contributed by atoms with E-state index in [9.17, 15) is 0 Å². The number of benzene rings is 1. The Labute approximate surface area is 158 Å². The van der Waals surface area contributed by atoms with Crippen LogP contribution >= 0.6 is 11.6 Å². The highest BCUT2D eigenvalue weighted by Crippen LogP contribution is 2.32. The van der Waals surface area contributed by atoms with E-state index in [1.165, 1.54) is 0 Å². The van der Waals surface area contributed by atoms with Crippen molar-refractivity contribution < 1.29 is 0 Å². The normalized spacial score (nSPS) is 18.0. The summed E-state index contributed by atoms with van der Waals surface area (Å²) in [7, 11) is 0. The van der Waals surface area contributed by atoms with E-state index in [1.54, 1.807) is 12.4 Å². The van der Waals surface area contributed by atoms with Gasteiger partial charge in [0.05, 0.1) is 17.1 Å². The summed E-state index contributed by atoms with van der Waals surface area (Å²) in [6.07, 6.45) is 7.69. The van der Waals surface area contributed by atoms with Gasteiger partial charge in [0.15, 0.2) is 0 Å². The molecule has 1 atom stereocenters. The third-order valence-corrected chi connectivity index (χ3v) is 5.06. The zero-order chi connectivity index (χ0) is 17.8. The molecule has 1 fully saturated rings. The lowest BCUT2D eigenvalue weighted by Gasteiger charge is -2.32. The maximum absolute atomic E-state index is 6.18. The van der Waals surface area contributed by atoms with Crippen molar-refractivity contribution in [3.05, 3.63) is 77.5 Å². The molecule has 0 aliphatic carbocycles. The second kappa shape index (κ2) is 7.94. The fraction of sp³-hybridized carbons (Fsp3) is 0.286. The number of nitrogens with zero attached hydrogens (tertiary/aromatic N) is 4. The largest absolute Gasteiger partial charge is 0.297 e. The van der Waals surface area contributed by atoms with Crippen LogP contribution in [0.3, 0.4) is 0 Å². The summed E-state index contributed by atoms with van der Waals surface area (Å²) in [5, 5.41) is 0.722. The van der Waals surface area contributed by atoms with Crippen molar-refractivity contribution in [2.45, 2.75) is 25.3 Å². The molecular weight excluding hydrogens is 344 g/mol. The van der Waals surface area contributed by atoms with Gasteiger partial charge in [-0.1, -0.05) is 29.8 Å². The molecule has 4 nitrogen and oxygen atoms in total. The lowest BCUT2D eigenvalue weighted by molar-refractivity contribution is 0.196. The maximum Gasteiger partial charge on any atom is 0.0921 e. The van der Waals surface area contributed by atoms with E-state index >= 15 is 0 Å². The molecule has 26 heavy (non-hydrogen) atoms. The quantitative estimate of drug-likeness (QED) is 0.680. The Morgan fingerprint density at radius 2 is 1.92 bits per heavy atom. The minimum Gasteiger partial charge on any atom is -0.297 e. The van der Waals surface area contributed by atoms with E-state index in [2.05, 4.69) is 20.9 Å². The van der Waals surface area contributed by atoms with Gasteiger partial charge in [-0.3, -0.25) is 19.9 Å². The van der Waals surface area contributed by atoms with Gasteiger partial charge < -0.3 is 0 Å². The number of pyridine rings is 1. The summed E-state index contributed by atoms with van der Waals surface area (Å²) in [5.41, 5.74) is 4.16. The Morgan fingerprint density at radius 3 is 2.77 bits per heavy atom. The van der Waals surface area contributed by atoms with Gasteiger partial charge in [-0.05, 0) is 43.7 Å². The molecule has 0 bridgehead atoms. The van der Waals surface area contributed by atoms with E-state index < -0.39 is 0 Å². The summed E-state index contributed by atoms with van der Waals surface area (Å²) >= 11 is 6.18. The topological polar surface area (TPSA) is 41.9 Å². The minimum absolute atomic E-state index is 0.371. The molecule has 1 aliphatic heterocycles. The summed E-state index contributed by atoms with van der Waals surface area (Å²) in [6, 6.07) is 13.9. The first-order valence-electron chi connectivity index (χ1n) is 8.99. The fourth-order valence-electron chi connectivity index (χ4n) is 3.65. The van der Waals surface area contributed by atoms with Crippen LogP contribution in [0, 0.1) is 0 Å². The number of hydrogen-bond donors (Lipinski definition) is 0. The van der Waals surface area contributed by atoms with Gasteiger partial charge in [0.2, 0.25) is 0 Å². The van der Waals surface area contributed by atoms with Gasteiger partial charge in [0.1, 0.15) is 0 Å². The van der Waals surface area contributed by atoms with Crippen LogP contribution in [-0.2, 0) is 6.54 Å². The molecule has 1 saturated heterocycles. The molecule has 0 saturated carbocycles. The predicted octanol–water partition coefficient (Wildman–Crippen LogP) is 4.57. The predicted molar refractivity (Wildman–Crippen MR) is 104 cm³/mol. The first-order chi connectivity index (χ1) is 12.8. The standard InChI is InChI=1S/C21H21ClN4/c22-18-7-3-5-16(13-18)20-21(25-11-10-24-20)17-6-4-12-26(14-17)15-19-8-1-2-9-23-19/h1-3,5,7-11,13,17H,4,6,12,14-15H2. The molecule has 4 rings (SSSR count). The molecule has 5 heteroatoms. The molecule has 1 aliphatic rings. The molecule has 3 aromatic rings. The number of hydrogen-bond acceptors (Lipinski definition) is 4. The van der Waals surface area contributed by atoms with Crippen LogP contribution in [-0.4, -0.2) is 32.9 Å². The van der Waals surface area contributed by atoms with Crippen LogP contribution in [0.4, 0.5) is 0 Å². The zero-order valence-corrected chi connectivity index (χ0v) is 15.3. The lowest BCUT2D eigenvalue weighted by atomic mass is 9.91. The van der Waals surface area contributed by atoms with Crippen molar-refractivity contribution in [1.29, 1.82) is 0 Å². The minimum atomic E-state index is 0.371. The summed E-state index contributed by atoms with van der Waals surface area (Å²) in [5.74, 6) is 0.371. The van der Waals surface area contributed by atoms with Gasteiger partial charge >= 0.3 is 0 Å². The molecule has 1 unspecified atom stereocenters. The van der Waals surface area contributed by atoms with E-state index in [4.69, 9.17) is 16.6 Å². The number of likely N-dealkylation sites (tertiary alicyclic amines) is 1. The first kappa shape index (κ1) is 17.1. The van der Waals surface area contributed by atoms with Crippen molar-refractivity contribution >= 4 is 11.6 Å². The Balaban J connectivity index is 1.57. The maximum atomic E-state index is 6.18. The Bertz CT molecular complexity index is 869. The van der Waals surface area contributed by atoms with Crippen molar-refractivity contribution in [3.63, 3.8) is 0 Å². The number of piperidine rings is 1. The lowest BCUT2D eigenvalue weighted by Crippen LogP contribution is -2.34. The van der Waals surface area contributed by atoms with E-state index in [0.717, 1.165) is 60.1 Å². The average Bonchev–Trinajstić information content (AvgIpc) is 2.69. The molecule has 132 valence electrons. The molecule has 0 spiro atoms. The van der Waals surface area contributed by atoms with Crippen LogP contribution in [0.2, 0.25) is 5.02 Å². The smallest absolute Gasteiger partial charge is 0.0921 e. The summed E-state index contributed by atoms with van der Waals surface area (Å²) in [4.78, 5) is 16.3. The third-order valence-electron chi connectivity index (χ3n) is 4.83. The molecule has 0 N–H and O–H groups in total. The van der Waals surface area contributed by atoms with E-state index in [1.807, 2.05) is 42.6 Å². The molecular formula is C21H21ClN4. The van der Waals surface area contributed by atoms with Gasteiger partial charge in [0, 0.05) is 48.2 Å². The van der Waals surface area contributed by atoms with E-state index in [-0.39, 0.29) is 0 Å². The monoisotopic (exact) mass is 364 g/mol. The Kier molecular flexibility index (Phi) is 5.23. The first-order valence-corrected chi connectivity index (χ1v) is 9.36. The Hall–Kier alpha value is -2.30. The van der Waals surface area contributed by atoms with Crippen molar-refractivity contribution in [3.8, 4) is 11.3 Å². The highest BCUT2D eigenvalue weighted by atomic mass is 35.5. The van der Waals surface area contributed by atoms with Gasteiger partial charge in [-0.15, -0.1) is 0 Å². The van der Waals surface area contributed by atoms with Gasteiger partial charge in [0.25, 0.3) is 0 Å². The van der Waals surface area contributed by atoms with Crippen LogP contribution in [0.15, 0.2) is 61.1 Å². The van der Waals surface area contributed by atoms with Crippen LogP contribution in [0.5, 0.6) is 0 Å². The van der Waals surface area contributed by atoms with Crippen LogP contribution in [0.1, 0.15) is 30.1 Å². The number of aromatic nitrogens is 3. The van der Waals surface area contributed by atoms with Gasteiger partial charge in [-0.2, -0.15) is 0 Å². The van der Waals surface area contributed by atoms with Crippen molar-refractivity contribution in [2.24, 2.45) is 0 Å². The second-order valence-corrected chi connectivity index (χ2v) is 7.13. The summed E-state index contributed by atoms with van der Waals surface area (Å²) in [6.45, 7) is 2.95. The Morgan fingerprint density at radius 1 is 1.00 bits per heavy atom. The third kappa shape index (κ3) is 3.92. The van der Waals surface area contributed by atoms with Crippen LogP contribution < -0.4 is 0 Å². The average molecular weight is 365 g/mol. The fourth-order valence-corrected chi connectivity index (χ4v) is 3.84. The van der Waals surface area contributed by atoms with Crippen molar-refractivity contribution in [2.75, 3.05) is 13.1 Å². The van der Waals surface area contributed by atoms with E-state index in [0.29, 0.717) is 5.92 Å². The summed E-state index contributed by atoms with van der Waals surface area (Å²) < 4.78 is 0. The molecule has 2 aromatic heterocycles. The SMILES string of the molecule is Clc1cccc(-c2nccnc2C2CCCN(Cc3ccccn3)C2)c1.